The highest BCUT2D eigenvalue weighted by molar-refractivity contribution is 6.32. The Balaban J connectivity index is 0.00000210. The SMILES string of the molecule is Cc1cc(C(=O)N2CCC(N3CCNCC3)C2)nn1-c1ccccc1Cl.Cl. The number of benzene rings is 1. The molecule has 0 bridgehead atoms. The number of likely N-dealkylation sites (tertiary alicyclic amines) is 1. The van der Waals surface area contributed by atoms with Crippen LogP contribution in [0.5, 0.6) is 0 Å². The van der Waals surface area contributed by atoms with Crippen molar-refractivity contribution in [2.24, 2.45) is 0 Å². The van der Waals surface area contributed by atoms with E-state index in [-0.39, 0.29) is 18.3 Å². The largest absolute Gasteiger partial charge is 0.336 e. The summed E-state index contributed by atoms with van der Waals surface area (Å²) >= 11 is 6.29. The summed E-state index contributed by atoms with van der Waals surface area (Å²) in [5, 5.41) is 8.54. The maximum absolute atomic E-state index is 12.9. The number of aryl methyl sites for hydroxylation is 1. The Labute approximate surface area is 170 Å². The molecule has 6 nitrogen and oxygen atoms in total. The zero-order valence-corrected chi connectivity index (χ0v) is 17.0. The fourth-order valence-corrected chi connectivity index (χ4v) is 4.10. The number of carbonyl (C=O) groups excluding carboxylic acids is 1. The summed E-state index contributed by atoms with van der Waals surface area (Å²) in [6.45, 7) is 7.72. The Morgan fingerprint density at radius 2 is 1.96 bits per heavy atom. The lowest BCUT2D eigenvalue weighted by atomic mass is 10.2. The highest BCUT2D eigenvalue weighted by atomic mass is 35.5. The topological polar surface area (TPSA) is 53.4 Å². The van der Waals surface area contributed by atoms with Crippen LogP contribution < -0.4 is 5.32 Å². The third kappa shape index (κ3) is 4.14. The van der Waals surface area contributed by atoms with Crippen LogP contribution in [0.25, 0.3) is 5.69 Å². The standard InChI is InChI=1S/C19H24ClN5O.ClH/c1-14-12-17(22-25(14)18-5-3-2-4-16(18)20)19(26)24-9-6-15(13-24)23-10-7-21-8-11-23;/h2-5,12,15,21H,6-11,13H2,1H3;1H. The number of nitrogens with one attached hydrogen (secondary N) is 1. The van der Waals surface area contributed by atoms with Gasteiger partial charge in [0.15, 0.2) is 5.69 Å². The van der Waals surface area contributed by atoms with E-state index in [1.807, 2.05) is 42.2 Å². The lowest BCUT2D eigenvalue weighted by molar-refractivity contribution is 0.0767. The van der Waals surface area contributed by atoms with Crippen molar-refractivity contribution in [1.29, 1.82) is 0 Å². The van der Waals surface area contributed by atoms with Crippen molar-refractivity contribution in [3.63, 3.8) is 0 Å². The number of halogens is 2. The van der Waals surface area contributed by atoms with Crippen LogP contribution >= 0.6 is 24.0 Å². The summed E-state index contributed by atoms with van der Waals surface area (Å²) in [5.41, 5.74) is 2.19. The molecule has 2 fully saturated rings. The van der Waals surface area contributed by atoms with E-state index in [0.29, 0.717) is 16.8 Å². The fourth-order valence-electron chi connectivity index (χ4n) is 3.88. The van der Waals surface area contributed by atoms with E-state index >= 15 is 0 Å². The van der Waals surface area contributed by atoms with E-state index in [2.05, 4.69) is 15.3 Å². The number of amides is 1. The van der Waals surface area contributed by atoms with Gasteiger partial charge in [0.05, 0.1) is 10.7 Å². The van der Waals surface area contributed by atoms with Gasteiger partial charge in [0, 0.05) is 51.0 Å². The third-order valence-corrected chi connectivity index (χ3v) is 5.63. The van der Waals surface area contributed by atoms with Crippen LogP contribution in [0.15, 0.2) is 30.3 Å². The number of carbonyl (C=O) groups is 1. The van der Waals surface area contributed by atoms with Crippen LogP contribution in [0.2, 0.25) is 5.02 Å². The molecule has 1 aromatic carbocycles. The van der Waals surface area contributed by atoms with Crippen LogP contribution in [0.1, 0.15) is 22.6 Å². The highest BCUT2D eigenvalue weighted by Crippen LogP contribution is 2.23. The second kappa shape index (κ2) is 8.61. The maximum atomic E-state index is 12.9. The van der Waals surface area contributed by atoms with Crippen molar-refractivity contribution in [2.75, 3.05) is 39.3 Å². The van der Waals surface area contributed by atoms with Crippen molar-refractivity contribution >= 4 is 29.9 Å². The molecular formula is C19H25Cl2N5O. The molecule has 8 heteroatoms. The lowest BCUT2D eigenvalue weighted by Gasteiger charge is -2.32. The zero-order valence-electron chi connectivity index (χ0n) is 15.4. The quantitative estimate of drug-likeness (QED) is 0.845. The molecule has 0 spiro atoms. The molecule has 2 aromatic rings. The molecule has 146 valence electrons. The first-order chi connectivity index (χ1) is 12.6. The summed E-state index contributed by atoms with van der Waals surface area (Å²) < 4.78 is 1.75. The van der Waals surface area contributed by atoms with Gasteiger partial charge in [0.1, 0.15) is 0 Å². The minimum atomic E-state index is 0. The van der Waals surface area contributed by atoms with Gasteiger partial charge in [-0.25, -0.2) is 4.68 Å². The first-order valence-electron chi connectivity index (χ1n) is 9.19. The number of para-hydroxylation sites is 1. The molecule has 1 N–H and O–H groups in total. The van der Waals surface area contributed by atoms with Gasteiger partial charge in [-0.15, -0.1) is 12.4 Å². The molecule has 27 heavy (non-hydrogen) atoms. The van der Waals surface area contributed by atoms with Crippen molar-refractivity contribution in [2.45, 2.75) is 19.4 Å². The minimum absolute atomic E-state index is 0. The van der Waals surface area contributed by atoms with E-state index < -0.39 is 0 Å². The fraction of sp³-hybridized carbons (Fsp3) is 0.474. The molecule has 2 saturated heterocycles. The average molecular weight is 410 g/mol. The molecule has 1 unspecified atom stereocenters. The van der Waals surface area contributed by atoms with Crippen LogP contribution in [0.4, 0.5) is 0 Å². The van der Waals surface area contributed by atoms with E-state index in [9.17, 15) is 4.79 Å². The molecule has 1 atom stereocenters. The molecular weight excluding hydrogens is 385 g/mol. The second-order valence-corrected chi connectivity index (χ2v) is 7.42. The Morgan fingerprint density at radius 1 is 1.22 bits per heavy atom. The zero-order chi connectivity index (χ0) is 18.1. The molecule has 4 rings (SSSR count). The molecule has 1 aromatic heterocycles. The Kier molecular flexibility index (Phi) is 6.42. The van der Waals surface area contributed by atoms with Crippen LogP contribution in [-0.4, -0.2) is 70.8 Å². The Morgan fingerprint density at radius 3 is 2.70 bits per heavy atom. The smallest absolute Gasteiger partial charge is 0.274 e. The highest BCUT2D eigenvalue weighted by Gasteiger charge is 2.32. The number of rotatable bonds is 3. The third-order valence-electron chi connectivity index (χ3n) is 5.31. The van der Waals surface area contributed by atoms with E-state index in [1.54, 1.807) is 4.68 Å². The van der Waals surface area contributed by atoms with Gasteiger partial charge in [-0.3, -0.25) is 9.69 Å². The summed E-state index contributed by atoms with van der Waals surface area (Å²) in [5.74, 6) is 0.0107. The molecule has 2 aliphatic rings. The van der Waals surface area contributed by atoms with Gasteiger partial charge in [-0.2, -0.15) is 5.10 Å². The van der Waals surface area contributed by atoms with Crippen molar-refractivity contribution < 1.29 is 4.79 Å². The number of piperazine rings is 1. The Hall–Kier alpha value is -1.60. The summed E-state index contributed by atoms with van der Waals surface area (Å²) in [6.07, 6.45) is 1.04. The average Bonchev–Trinajstić information content (AvgIpc) is 3.30. The summed E-state index contributed by atoms with van der Waals surface area (Å²) in [4.78, 5) is 17.4. The molecule has 1 amide bonds. The first-order valence-corrected chi connectivity index (χ1v) is 9.57. The lowest BCUT2D eigenvalue weighted by Crippen LogP contribution is -2.49. The van der Waals surface area contributed by atoms with Crippen molar-refractivity contribution in [3.05, 3.63) is 46.7 Å². The van der Waals surface area contributed by atoms with Gasteiger partial charge in [-0.1, -0.05) is 23.7 Å². The number of aromatic nitrogens is 2. The van der Waals surface area contributed by atoms with Gasteiger partial charge < -0.3 is 10.2 Å². The van der Waals surface area contributed by atoms with Gasteiger partial charge >= 0.3 is 0 Å². The molecule has 0 aliphatic carbocycles. The number of hydrogen-bond acceptors (Lipinski definition) is 4. The molecule has 0 radical (unpaired) electrons. The van der Waals surface area contributed by atoms with E-state index in [1.165, 1.54) is 0 Å². The summed E-state index contributed by atoms with van der Waals surface area (Å²) in [6, 6.07) is 9.86. The second-order valence-electron chi connectivity index (χ2n) is 7.01. The predicted molar refractivity (Wildman–Crippen MR) is 109 cm³/mol. The predicted octanol–water partition coefficient (Wildman–Crippen LogP) is 2.38. The van der Waals surface area contributed by atoms with Crippen LogP contribution in [0.3, 0.4) is 0 Å². The first kappa shape index (κ1) is 20.1. The number of nitrogens with zero attached hydrogens (tertiary/aromatic N) is 4. The molecule has 3 heterocycles. The van der Waals surface area contributed by atoms with E-state index in [0.717, 1.165) is 57.1 Å². The number of hydrogen-bond donors (Lipinski definition) is 1. The Bertz CT molecular complexity index is 803. The van der Waals surface area contributed by atoms with Gasteiger partial charge in [0.2, 0.25) is 0 Å². The van der Waals surface area contributed by atoms with Crippen molar-refractivity contribution in [3.8, 4) is 5.69 Å². The normalized spacial score (nSPS) is 20.5. The van der Waals surface area contributed by atoms with Crippen LogP contribution in [0, 0.1) is 6.92 Å². The molecule has 0 saturated carbocycles. The summed E-state index contributed by atoms with van der Waals surface area (Å²) in [7, 11) is 0. The van der Waals surface area contributed by atoms with E-state index in [4.69, 9.17) is 11.6 Å². The van der Waals surface area contributed by atoms with Gasteiger partial charge in [-0.05, 0) is 31.5 Å². The van der Waals surface area contributed by atoms with Crippen LogP contribution in [-0.2, 0) is 0 Å². The monoisotopic (exact) mass is 409 g/mol. The van der Waals surface area contributed by atoms with Crippen molar-refractivity contribution in [1.82, 2.24) is 24.9 Å². The van der Waals surface area contributed by atoms with Gasteiger partial charge in [0.25, 0.3) is 5.91 Å². The minimum Gasteiger partial charge on any atom is -0.336 e. The molecule has 2 aliphatic heterocycles. The maximum Gasteiger partial charge on any atom is 0.274 e.